The highest BCUT2D eigenvalue weighted by Gasteiger charge is 2.52. The van der Waals surface area contributed by atoms with E-state index in [0.717, 1.165) is 10.4 Å². The molecular weight excluding hydrogens is 288 g/mol. The molecule has 0 atom stereocenters. The predicted octanol–water partition coefficient (Wildman–Crippen LogP) is -0.123. The second-order valence-electron chi connectivity index (χ2n) is 4.75. The Labute approximate surface area is 115 Å². The van der Waals surface area contributed by atoms with Gasteiger partial charge in [0.05, 0.1) is 0 Å². The van der Waals surface area contributed by atoms with E-state index in [1.165, 1.54) is 20.2 Å². The van der Waals surface area contributed by atoms with Crippen LogP contribution < -0.4 is 5.32 Å². The lowest BCUT2D eigenvalue weighted by molar-refractivity contribution is -0.140. The van der Waals surface area contributed by atoms with Gasteiger partial charge in [-0.1, -0.05) is 0 Å². The second-order valence-corrected chi connectivity index (χ2v) is 6.83. The summed E-state index contributed by atoms with van der Waals surface area (Å²) in [7, 11) is -1.09. The van der Waals surface area contributed by atoms with E-state index < -0.39 is 27.4 Å². The Morgan fingerprint density at radius 1 is 1.35 bits per heavy atom. The van der Waals surface area contributed by atoms with Crippen LogP contribution in [0, 0.1) is 0 Å². The van der Waals surface area contributed by atoms with Crippen LogP contribution in [0.25, 0.3) is 0 Å². The molecule has 1 heterocycles. The van der Waals surface area contributed by atoms with Gasteiger partial charge in [0.1, 0.15) is 5.54 Å². The van der Waals surface area contributed by atoms with Crippen molar-refractivity contribution < 1.29 is 27.5 Å². The predicted molar refractivity (Wildman–Crippen MR) is 66.6 cm³/mol. The maximum absolute atomic E-state index is 11.8. The van der Waals surface area contributed by atoms with E-state index in [0.29, 0.717) is 12.8 Å². The normalized spacial score (nSPS) is 16.9. The molecule has 0 spiro atoms. The van der Waals surface area contributed by atoms with E-state index in [2.05, 4.69) is 5.32 Å². The third-order valence-corrected chi connectivity index (χ3v) is 4.74. The number of aliphatic carboxylic acids is 1. The van der Waals surface area contributed by atoms with Crippen molar-refractivity contribution in [3.63, 3.8) is 0 Å². The van der Waals surface area contributed by atoms with Gasteiger partial charge < -0.3 is 14.8 Å². The number of rotatable bonds is 5. The summed E-state index contributed by atoms with van der Waals surface area (Å²) < 4.78 is 29.5. The van der Waals surface area contributed by atoms with Crippen molar-refractivity contribution >= 4 is 21.9 Å². The maximum atomic E-state index is 11.8. The zero-order valence-electron chi connectivity index (χ0n) is 10.9. The van der Waals surface area contributed by atoms with Crippen LogP contribution in [-0.4, -0.2) is 49.3 Å². The molecule has 0 aromatic carbocycles. The molecule has 2 rings (SSSR count). The Morgan fingerprint density at radius 2 is 1.95 bits per heavy atom. The molecular formula is C11H14N2O6S. The highest BCUT2D eigenvalue weighted by molar-refractivity contribution is 7.88. The minimum absolute atomic E-state index is 0.238. The summed E-state index contributed by atoms with van der Waals surface area (Å²) in [5.41, 5.74) is -1.25. The van der Waals surface area contributed by atoms with E-state index in [4.69, 9.17) is 9.52 Å². The lowest BCUT2D eigenvalue weighted by atomic mass is 10.2. The van der Waals surface area contributed by atoms with Crippen molar-refractivity contribution in [3.05, 3.63) is 17.9 Å². The fraction of sp³-hybridized carbons (Fsp3) is 0.455. The zero-order valence-corrected chi connectivity index (χ0v) is 11.7. The summed E-state index contributed by atoms with van der Waals surface area (Å²) in [4.78, 5) is 22.8. The van der Waals surface area contributed by atoms with Gasteiger partial charge in [-0.05, 0) is 25.0 Å². The monoisotopic (exact) mass is 302 g/mol. The number of carboxylic acids is 1. The smallest absolute Gasteiger partial charge is 0.329 e. The first-order valence-electron chi connectivity index (χ1n) is 5.77. The second kappa shape index (κ2) is 4.60. The molecule has 2 N–H and O–H groups in total. The van der Waals surface area contributed by atoms with Crippen molar-refractivity contribution in [2.24, 2.45) is 0 Å². The molecule has 1 fully saturated rings. The van der Waals surface area contributed by atoms with Gasteiger partial charge >= 0.3 is 5.97 Å². The van der Waals surface area contributed by atoms with Gasteiger partial charge in [-0.15, -0.1) is 0 Å². The molecule has 0 radical (unpaired) electrons. The third kappa shape index (κ3) is 2.41. The number of carbonyl (C=O) groups is 2. The Balaban J connectivity index is 2.18. The molecule has 1 amide bonds. The number of carboxylic acid groups (broad SMARTS) is 1. The fourth-order valence-electron chi connectivity index (χ4n) is 1.56. The molecule has 8 nitrogen and oxygen atoms in total. The summed E-state index contributed by atoms with van der Waals surface area (Å²) in [5, 5.41) is 10.9. The van der Waals surface area contributed by atoms with Crippen LogP contribution >= 0.6 is 0 Å². The SMILES string of the molecule is CN(C)S(=O)(=O)c1ccc(C(=O)NC2(C(=O)O)CC2)o1. The third-order valence-electron chi connectivity index (χ3n) is 3.05. The molecule has 9 heteroatoms. The summed E-state index contributed by atoms with van der Waals surface area (Å²) in [6.07, 6.45) is 0.690. The van der Waals surface area contributed by atoms with Gasteiger partial charge in [-0.2, -0.15) is 0 Å². The van der Waals surface area contributed by atoms with Crippen LogP contribution in [0.5, 0.6) is 0 Å². The van der Waals surface area contributed by atoms with Crippen LogP contribution in [0.3, 0.4) is 0 Å². The Bertz CT molecular complexity index is 656. The maximum Gasteiger partial charge on any atom is 0.329 e. The molecule has 1 saturated carbocycles. The van der Waals surface area contributed by atoms with Crippen LogP contribution in [0.4, 0.5) is 0 Å². The highest BCUT2D eigenvalue weighted by Crippen LogP contribution is 2.35. The Morgan fingerprint density at radius 3 is 2.40 bits per heavy atom. The average Bonchev–Trinajstić information content (AvgIpc) is 2.96. The summed E-state index contributed by atoms with van der Waals surface area (Å²) in [6, 6.07) is 2.36. The van der Waals surface area contributed by atoms with Crippen molar-refractivity contribution in [2.45, 2.75) is 23.5 Å². The lowest BCUT2D eigenvalue weighted by Gasteiger charge is -2.11. The zero-order chi connectivity index (χ0) is 15.1. The first-order valence-corrected chi connectivity index (χ1v) is 7.21. The number of nitrogens with one attached hydrogen (secondary N) is 1. The molecule has 1 aliphatic carbocycles. The molecule has 1 aromatic rings. The van der Waals surface area contributed by atoms with Gasteiger partial charge in [0.25, 0.3) is 15.9 Å². The Hall–Kier alpha value is -1.87. The standard InChI is InChI=1S/C11H14N2O6S/c1-13(2)20(17,18)8-4-3-7(19-8)9(14)12-11(5-6-11)10(15)16/h3-4H,5-6H2,1-2H3,(H,12,14)(H,15,16). The van der Waals surface area contributed by atoms with Crippen molar-refractivity contribution in [3.8, 4) is 0 Å². The number of carbonyl (C=O) groups excluding carboxylic acids is 1. The molecule has 0 bridgehead atoms. The minimum Gasteiger partial charge on any atom is -0.480 e. The van der Waals surface area contributed by atoms with E-state index in [-0.39, 0.29) is 10.9 Å². The van der Waals surface area contributed by atoms with Crippen LogP contribution in [-0.2, 0) is 14.8 Å². The van der Waals surface area contributed by atoms with E-state index >= 15 is 0 Å². The van der Waals surface area contributed by atoms with Gasteiger partial charge in [-0.3, -0.25) is 4.79 Å². The summed E-state index contributed by atoms with van der Waals surface area (Å²) >= 11 is 0. The molecule has 0 unspecified atom stereocenters. The number of furan rings is 1. The lowest BCUT2D eigenvalue weighted by Crippen LogP contribution is -2.42. The molecule has 1 aliphatic rings. The average molecular weight is 302 g/mol. The topological polar surface area (TPSA) is 117 Å². The molecule has 110 valence electrons. The molecule has 0 aliphatic heterocycles. The quantitative estimate of drug-likeness (QED) is 0.783. The van der Waals surface area contributed by atoms with Gasteiger partial charge in [-0.25, -0.2) is 17.5 Å². The number of sulfonamides is 1. The number of nitrogens with zero attached hydrogens (tertiary/aromatic N) is 1. The largest absolute Gasteiger partial charge is 0.480 e. The highest BCUT2D eigenvalue weighted by atomic mass is 32.2. The van der Waals surface area contributed by atoms with Crippen molar-refractivity contribution in [2.75, 3.05) is 14.1 Å². The summed E-state index contributed by atoms with van der Waals surface area (Å²) in [6.45, 7) is 0. The molecule has 0 saturated heterocycles. The number of hydrogen-bond acceptors (Lipinski definition) is 5. The first-order chi connectivity index (χ1) is 9.19. The van der Waals surface area contributed by atoms with Gasteiger partial charge in [0.15, 0.2) is 5.76 Å². The minimum atomic E-state index is -3.76. The van der Waals surface area contributed by atoms with Crippen LogP contribution in [0.15, 0.2) is 21.6 Å². The fourth-order valence-corrected chi connectivity index (χ4v) is 2.35. The first kappa shape index (κ1) is 14.5. The van der Waals surface area contributed by atoms with E-state index in [1.54, 1.807) is 0 Å². The van der Waals surface area contributed by atoms with E-state index in [1.807, 2.05) is 0 Å². The van der Waals surface area contributed by atoms with Crippen LogP contribution in [0.2, 0.25) is 0 Å². The molecule has 1 aromatic heterocycles. The summed E-state index contributed by atoms with van der Waals surface area (Å²) in [5.74, 6) is -2.10. The van der Waals surface area contributed by atoms with Gasteiger partial charge in [0, 0.05) is 14.1 Å². The number of amides is 1. The van der Waals surface area contributed by atoms with Crippen molar-refractivity contribution in [1.82, 2.24) is 9.62 Å². The molecule has 20 heavy (non-hydrogen) atoms. The van der Waals surface area contributed by atoms with E-state index in [9.17, 15) is 18.0 Å². The number of hydrogen-bond donors (Lipinski definition) is 2. The Kier molecular flexibility index (Phi) is 3.34. The van der Waals surface area contributed by atoms with Crippen LogP contribution in [0.1, 0.15) is 23.4 Å². The van der Waals surface area contributed by atoms with Gasteiger partial charge in [0.2, 0.25) is 5.09 Å². The van der Waals surface area contributed by atoms with Crippen molar-refractivity contribution in [1.29, 1.82) is 0 Å².